The molecule has 0 unspecified atom stereocenters. The summed E-state index contributed by atoms with van der Waals surface area (Å²) in [6.07, 6.45) is 1.52. The summed E-state index contributed by atoms with van der Waals surface area (Å²) < 4.78 is 15.6. The van der Waals surface area contributed by atoms with E-state index in [0.29, 0.717) is 13.2 Å². The first-order valence-electron chi connectivity index (χ1n) is 10.8. The van der Waals surface area contributed by atoms with E-state index in [4.69, 9.17) is 20.9 Å². The van der Waals surface area contributed by atoms with Gasteiger partial charge in [-0.25, -0.2) is 0 Å². The van der Waals surface area contributed by atoms with Crippen molar-refractivity contribution in [3.05, 3.63) is 53.3 Å². The van der Waals surface area contributed by atoms with Crippen molar-refractivity contribution in [1.29, 1.82) is 0 Å². The smallest absolute Gasteiger partial charge is 0.147 e. The molecular formula is C25H34Br4N2O2. The number of ether oxygens (including phenoxy) is 2. The largest absolute Gasteiger partial charge is 0.491 e. The molecule has 0 heterocycles. The third-order valence-corrected chi connectivity index (χ3v) is 7.78. The molecule has 8 heteroatoms. The highest BCUT2D eigenvalue weighted by Crippen LogP contribution is 2.44. The zero-order valence-electron chi connectivity index (χ0n) is 20.1. The fourth-order valence-corrected chi connectivity index (χ4v) is 5.95. The molecular weight excluding hydrogens is 680 g/mol. The summed E-state index contributed by atoms with van der Waals surface area (Å²) in [4.78, 5) is 0. The van der Waals surface area contributed by atoms with Gasteiger partial charge in [-0.15, -0.1) is 0 Å². The van der Waals surface area contributed by atoms with Crippen LogP contribution in [-0.2, 0) is 5.41 Å². The number of hydrogen-bond donors (Lipinski definition) is 2. The Labute approximate surface area is 232 Å². The van der Waals surface area contributed by atoms with E-state index in [-0.39, 0.29) is 16.5 Å². The van der Waals surface area contributed by atoms with Gasteiger partial charge < -0.3 is 20.9 Å². The predicted molar refractivity (Wildman–Crippen MR) is 153 cm³/mol. The molecule has 0 radical (unpaired) electrons. The average Bonchev–Trinajstić information content (AvgIpc) is 2.64. The van der Waals surface area contributed by atoms with E-state index in [9.17, 15) is 0 Å². The first kappa shape index (κ1) is 29.1. The van der Waals surface area contributed by atoms with Gasteiger partial charge in [-0.3, -0.25) is 0 Å². The fraction of sp³-hybridized carbons (Fsp3) is 0.520. The quantitative estimate of drug-likeness (QED) is 0.261. The maximum atomic E-state index is 6.08. The molecule has 0 saturated heterocycles. The van der Waals surface area contributed by atoms with Crippen LogP contribution in [0.1, 0.15) is 65.5 Å². The fourth-order valence-electron chi connectivity index (χ4n) is 3.12. The Kier molecular flexibility index (Phi) is 9.96. The molecule has 0 aliphatic heterocycles. The summed E-state index contributed by atoms with van der Waals surface area (Å²) in [5.41, 5.74) is 13.6. The molecule has 0 aromatic heterocycles. The van der Waals surface area contributed by atoms with Crippen molar-refractivity contribution in [3.8, 4) is 11.5 Å². The lowest BCUT2D eigenvalue weighted by atomic mass is 9.78. The van der Waals surface area contributed by atoms with Crippen LogP contribution in [0.4, 0.5) is 0 Å². The van der Waals surface area contributed by atoms with Crippen LogP contribution in [0.25, 0.3) is 0 Å². The van der Waals surface area contributed by atoms with Crippen LogP contribution in [0.5, 0.6) is 11.5 Å². The lowest BCUT2D eigenvalue weighted by Crippen LogP contribution is -2.33. The van der Waals surface area contributed by atoms with Crippen molar-refractivity contribution >= 4 is 63.7 Å². The number of halogens is 4. The number of rotatable bonds is 10. The van der Waals surface area contributed by atoms with E-state index >= 15 is 0 Å². The minimum absolute atomic E-state index is 0.266. The van der Waals surface area contributed by atoms with Crippen molar-refractivity contribution in [2.24, 2.45) is 11.5 Å². The molecule has 2 aromatic carbocycles. The Hall–Kier alpha value is -0.120. The topological polar surface area (TPSA) is 70.5 Å². The highest BCUT2D eigenvalue weighted by atomic mass is 79.9. The Morgan fingerprint density at radius 2 is 0.879 bits per heavy atom. The van der Waals surface area contributed by atoms with Gasteiger partial charge in [-0.2, -0.15) is 0 Å². The molecule has 0 saturated carbocycles. The van der Waals surface area contributed by atoms with E-state index in [2.05, 4.69) is 102 Å². The van der Waals surface area contributed by atoms with Crippen LogP contribution in [0.15, 0.2) is 42.2 Å². The minimum Gasteiger partial charge on any atom is -0.491 e. The summed E-state index contributed by atoms with van der Waals surface area (Å²) in [7, 11) is 0. The molecule has 2 aromatic rings. The second-order valence-corrected chi connectivity index (χ2v) is 13.8. The number of nitrogens with two attached hydrogens (primary N) is 2. The van der Waals surface area contributed by atoms with Crippen LogP contribution >= 0.6 is 63.7 Å². The predicted octanol–water partition coefficient (Wildman–Crippen LogP) is 8.07. The second-order valence-electron chi connectivity index (χ2n) is 10.3. The molecule has 0 amide bonds. The lowest BCUT2D eigenvalue weighted by molar-refractivity contribution is 0.271. The van der Waals surface area contributed by atoms with E-state index in [1.807, 2.05) is 27.7 Å². The van der Waals surface area contributed by atoms with Crippen molar-refractivity contribution in [1.82, 2.24) is 0 Å². The zero-order chi connectivity index (χ0) is 25.2. The summed E-state index contributed by atoms with van der Waals surface area (Å²) >= 11 is 14.8. The molecule has 33 heavy (non-hydrogen) atoms. The standard InChI is InChI=1S/C25H34Br4N2O2/c1-23(2,30)7-9-32-21-17(26)11-15(12-18(21)27)25(5,6)16-13-19(28)22(20(29)14-16)33-10-8-24(3,4)31/h11-14H,7-10,30-31H2,1-6H3. The van der Waals surface area contributed by atoms with Gasteiger partial charge in [-0.05, 0) is 140 Å². The molecule has 2 rings (SSSR count). The van der Waals surface area contributed by atoms with Gasteiger partial charge in [0.25, 0.3) is 0 Å². The summed E-state index contributed by atoms with van der Waals surface area (Å²) in [5.74, 6) is 1.57. The van der Waals surface area contributed by atoms with E-state index in [1.54, 1.807) is 0 Å². The van der Waals surface area contributed by atoms with Crippen LogP contribution in [0, 0.1) is 0 Å². The van der Waals surface area contributed by atoms with Gasteiger partial charge in [0.1, 0.15) is 11.5 Å². The maximum absolute atomic E-state index is 6.08. The highest BCUT2D eigenvalue weighted by Gasteiger charge is 2.27. The van der Waals surface area contributed by atoms with Crippen molar-refractivity contribution in [2.45, 2.75) is 70.9 Å². The molecule has 184 valence electrons. The maximum Gasteiger partial charge on any atom is 0.147 e. The summed E-state index contributed by atoms with van der Waals surface area (Å²) in [6.45, 7) is 13.5. The van der Waals surface area contributed by atoms with Crippen LogP contribution in [0.3, 0.4) is 0 Å². The normalized spacial score (nSPS) is 12.7. The Bertz CT molecular complexity index is 856. The molecule has 4 N–H and O–H groups in total. The van der Waals surface area contributed by atoms with Gasteiger partial charge in [0.05, 0.1) is 31.1 Å². The van der Waals surface area contributed by atoms with E-state index in [0.717, 1.165) is 53.4 Å². The molecule has 0 spiro atoms. The lowest BCUT2D eigenvalue weighted by Gasteiger charge is -2.29. The third-order valence-electron chi connectivity index (χ3n) is 5.43. The monoisotopic (exact) mass is 710 g/mol. The molecule has 0 aliphatic carbocycles. The second kappa shape index (κ2) is 11.3. The van der Waals surface area contributed by atoms with Crippen LogP contribution in [-0.4, -0.2) is 24.3 Å². The highest BCUT2D eigenvalue weighted by molar-refractivity contribution is 9.11. The van der Waals surface area contributed by atoms with Crippen molar-refractivity contribution in [3.63, 3.8) is 0 Å². The Balaban J connectivity index is 2.28. The molecule has 4 nitrogen and oxygen atoms in total. The van der Waals surface area contributed by atoms with Gasteiger partial charge >= 0.3 is 0 Å². The van der Waals surface area contributed by atoms with E-state index < -0.39 is 0 Å². The SMILES string of the molecule is CC(C)(N)CCOc1c(Br)cc(C(C)(C)c2cc(Br)c(OCCC(C)(C)N)c(Br)c2)cc1Br. The van der Waals surface area contributed by atoms with Gasteiger partial charge in [0, 0.05) is 16.5 Å². The zero-order valence-corrected chi connectivity index (χ0v) is 26.5. The number of hydrogen-bond acceptors (Lipinski definition) is 4. The number of benzene rings is 2. The average molecular weight is 714 g/mol. The van der Waals surface area contributed by atoms with Gasteiger partial charge in [0.15, 0.2) is 0 Å². The van der Waals surface area contributed by atoms with Gasteiger partial charge in [-0.1, -0.05) is 13.8 Å². The van der Waals surface area contributed by atoms with Crippen LogP contribution < -0.4 is 20.9 Å². The molecule has 0 aliphatic rings. The summed E-state index contributed by atoms with van der Waals surface area (Å²) in [6, 6.07) is 8.46. The first-order valence-corrected chi connectivity index (χ1v) is 14.0. The Morgan fingerprint density at radius 3 is 1.12 bits per heavy atom. The van der Waals surface area contributed by atoms with Crippen molar-refractivity contribution < 1.29 is 9.47 Å². The Morgan fingerprint density at radius 1 is 0.606 bits per heavy atom. The first-order chi connectivity index (χ1) is 15.0. The van der Waals surface area contributed by atoms with Crippen LogP contribution in [0.2, 0.25) is 0 Å². The summed E-state index contributed by atoms with van der Waals surface area (Å²) in [5, 5.41) is 0. The third kappa shape index (κ3) is 8.50. The van der Waals surface area contributed by atoms with E-state index in [1.165, 1.54) is 0 Å². The van der Waals surface area contributed by atoms with Gasteiger partial charge in [0.2, 0.25) is 0 Å². The van der Waals surface area contributed by atoms with Crippen molar-refractivity contribution in [2.75, 3.05) is 13.2 Å². The molecule has 0 atom stereocenters. The molecule has 0 bridgehead atoms. The minimum atomic E-state index is -0.272. The molecule has 0 fully saturated rings.